The zero-order valence-electron chi connectivity index (χ0n) is 19.5. The van der Waals surface area contributed by atoms with Crippen LogP contribution in [0, 0.1) is 11.7 Å². The van der Waals surface area contributed by atoms with Crippen LogP contribution in [0.5, 0.6) is 5.75 Å². The maximum atomic E-state index is 13.9. The van der Waals surface area contributed by atoms with Crippen molar-refractivity contribution < 1.29 is 28.2 Å². The number of hydrogen-bond acceptors (Lipinski definition) is 6. The van der Waals surface area contributed by atoms with Crippen LogP contribution < -0.4 is 10.1 Å². The van der Waals surface area contributed by atoms with Gasteiger partial charge in [-0.25, -0.2) is 9.18 Å². The molecule has 180 valence electrons. The molecule has 2 heterocycles. The van der Waals surface area contributed by atoms with Gasteiger partial charge in [0.25, 0.3) is 5.91 Å². The van der Waals surface area contributed by atoms with Gasteiger partial charge in [-0.05, 0) is 43.9 Å². The first-order chi connectivity index (χ1) is 15.9. The number of carbonyl (C=O) groups excluding carboxylic acids is 2. The van der Waals surface area contributed by atoms with E-state index in [0.29, 0.717) is 44.7 Å². The van der Waals surface area contributed by atoms with E-state index in [1.165, 1.54) is 19.2 Å². The SMILES string of the molecule is CCc1nn(C[C@@H](C)COC(=O)c2ccc(OC)c(F)c2)c2c1C(=O)NCCCOCCC2. The monoisotopic (exact) mass is 461 g/mol. The van der Waals surface area contributed by atoms with Crippen LogP contribution in [-0.4, -0.2) is 55.1 Å². The summed E-state index contributed by atoms with van der Waals surface area (Å²) in [7, 11) is 1.36. The zero-order valence-corrected chi connectivity index (χ0v) is 19.5. The van der Waals surface area contributed by atoms with Crippen molar-refractivity contribution in [2.24, 2.45) is 5.92 Å². The third-order valence-corrected chi connectivity index (χ3v) is 5.52. The molecule has 0 spiro atoms. The molecule has 0 aliphatic carbocycles. The summed E-state index contributed by atoms with van der Waals surface area (Å²) < 4.78 is 31.6. The molecule has 1 aromatic heterocycles. The summed E-state index contributed by atoms with van der Waals surface area (Å²) in [5.74, 6) is -1.32. The van der Waals surface area contributed by atoms with Gasteiger partial charge in [0.1, 0.15) is 0 Å². The van der Waals surface area contributed by atoms with Crippen LogP contribution in [-0.2, 0) is 28.9 Å². The van der Waals surface area contributed by atoms with Gasteiger partial charge < -0.3 is 19.5 Å². The molecule has 1 aromatic carbocycles. The van der Waals surface area contributed by atoms with Crippen molar-refractivity contribution in [3.05, 3.63) is 46.5 Å². The highest BCUT2D eigenvalue weighted by Gasteiger charge is 2.24. The molecule has 0 saturated heterocycles. The van der Waals surface area contributed by atoms with E-state index >= 15 is 0 Å². The van der Waals surface area contributed by atoms with Gasteiger partial charge in [-0.2, -0.15) is 5.10 Å². The zero-order chi connectivity index (χ0) is 23.8. The molecule has 33 heavy (non-hydrogen) atoms. The lowest BCUT2D eigenvalue weighted by atomic mass is 10.1. The molecule has 1 amide bonds. The van der Waals surface area contributed by atoms with E-state index < -0.39 is 11.8 Å². The van der Waals surface area contributed by atoms with Crippen LogP contribution in [0.1, 0.15) is 58.8 Å². The minimum absolute atomic E-state index is 0.0664. The Morgan fingerprint density at radius 3 is 2.85 bits per heavy atom. The molecule has 0 saturated carbocycles. The highest BCUT2D eigenvalue weighted by Crippen LogP contribution is 2.21. The van der Waals surface area contributed by atoms with Crippen molar-refractivity contribution in [2.45, 2.75) is 46.1 Å². The van der Waals surface area contributed by atoms with Crippen molar-refractivity contribution in [1.82, 2.24) is 15.1 Å². The van der Waals surface area contributed by atoms with Crippen LogP contribution in [0.3, 0.4) is 0 Å². The Bertz CT molecular complexity index is 975. The minimum Gasteiger partial charge on any atom is -0.494 e. The molecule has 1 aliphatic heterocycles. The number of fused-ring (bicyclic) bond motifs is 1. The molecule has 2 aromatic rings. The summed E-state index contributed by atoms with van der Waals surface area (Å²) in [5, 5.41) is 7.66. The van der Waals surface area contributed by atoms with Crippen molar-refractivity contribution >= 4 is 11.9 Å². The number of benzene rings is 1. The van der Waals surface area contributed by atoms with Crippen molar-refractivity contribution in [1.29, 1.82) is 0 Å². The Balaban J connectivity index is 1.69. The summed E-state index contributed by atoms with van der Waals surface area (Å²) in [6.45, 7) is 6.36. The summed E-state index contributed by atoms with van der Waals surface area (Å²) in [5.41, 5.74) is 2.42. The first-order valence-corrected chi connectivity index (χ1v) is 11.4. The molecule has 1 N–H and O–H groups in total. The topological polar surface area (TPSA) is 91.7 Å². The number of hydrogen-bond donors (Lipinski definition) is 1. The van der Waals surface area contributed by atoms with Crippen molar-refractivity contribution in [3.8, 4) is 5.75 Å². The lowest BCUT2D eigenvalue weighted by Crippen LogP contribution is -2.27. The molecular weight excluding hydrogens is 429 g/mol. The van der Waals surface area contributed by atoms with Crippen molar-refractivity contribution in [3.63, 3.8) is 0 Å². The van der Waals surface area contributed by atoms with Crippen LogP contribution >= 0.6 is 0 Å². The number of nitrogens with zero attached hydrogens (tertiary/aromatic N) is 2. The lowest BCUT2D eigenvalue weighted by molar-refractivity contribution is 0.0435. The summed E-state index contributed by atoms with van der Waals surface area (Å²) in [4.78, 5) is 25.2. The molecule has 0 fully saturated rings. The Hall–Kier alpha value is -2.94. The quantitative estimate of drug-likeness (QED) is 0.637. The number of ether oxygens (including phenoxy) is 3. The number of esters is 1. The van der Waals surface area contributed by atoms with Gasteiger partial charge in [-0.15, -0.1) is 0 Å². The summed E-state index contributed by atoms with van der Waals surface area (Å²) in [6, 6.07) is 3.96. The first-order valence-electron chi connectivity index (χ1n) is 11.4. The number of carbonyl (C=O) groups is 2. The van der Waals surface area contributed by atoms with Gasteiger partial charge in [0.15, 0.2) is 11.6 Å². The largest absolute Gasteiger partial charge is 0.494 e. The third-order valence-electron chi connectivity index (χ3n) is 5.52. The normalized spacial score (nSPS) is 15.7. The van der Waals surface area contributed by atoms with E-state index in [1.807, 2.05) is 18.5 Å². The predicted molar refractivity (Wildman–Crippen MR) is 120 cm³/mol. The summed E-state index contributed by atoms with van der Waals surface area (Å²) in [6.07, 6.45) is 2.89. The average molecular weight is 462 g/mol. The lowest BCUT2D eigenvalue weighted by Gasteiger charge is -2.15. The van der Waals surface area contributed by atoms with Crippen LogP contribution in [0.15, 0.2) is 18.2 Å². The number of nitrogens with one attached hydrogen (secondary N) is 1. The minimum atomic E-state index is -0.618. The number of amides is 1. The van der Waals surface area contributed by atoms with E-state index in [0.717, 1.165) is 30.3 Å². The van der Waals surface area contributed by atoms with Gasteiger partial charge in [-0.1, -0.05) is 13.8 Å². The molecule has 3 rings (SSSR count). The van der Waals surface area contributed by atoms with Crippen LogP contribution in [0.4, 0.5) is 4.39 Å². The van der Waals surface area contributed by atoms with E-state index in [-0.39, 0.29) is 29.7 Å². The molecule has 0 unspecified atom stereocenters. The number of aryl methyl sites for hydroxylation is 1. The highest BCUT2D eigenvalue weighted by atomic mass is 19.1. The smallest absolute Gasteiger partial charge is 0.338 e. The van der Waals surface area contributed by atoms with Gasteiger partial charge in [0.05, 0.1) is 36.2 Å². The van der Waals surface area contributed by atoms with E-state index in [9.17, 15) is 14.0 Å². The number of halogens is 1. The van der Waals surface area contributed by atoms with Gasteiger partial charge >= 0.3 is 5.97 Å². The molecule has 0 bridgehead atoms. The molecule has 0 radical (unpaired) electrons. The molecule has 9 heteroatoms. The Labute approximate surface area is 193 Å². The predicted octanol–water partition coefficient (Wildman–Crippen LogP) is 3.17. The van der Waals surface area contributed by atoms with Crippen LogP contribution in [0.25, 0.3) is 0 Å². The van der Waals surface area contributed by atoms with Gasteiger partial charge in [-0.3, -0.25) is 9.48 Å². The second kappa shape index (κ2) is 11.8. The fourth-order valence-electron chi connectivity index (χ4n) is 3.82. The third kappa shape index (κ3) is 6.31. The number of aromatic nitrogens is 2. The van der Waals surface area contributed by atoms with Crippen molar-refractivity contribution in [2.75, 3.05) is 33.5 Å². The Morgan fingerprint density at radius 2 is 2.12 bits per heavy atom. The van der Waals surface area contributed by atoms with Gasteiger partial charge in [0, 0.05) is 32.2 Å². The van der Waals surface area contributed by atoms with E-state index in [2.05, 4.69) is 5.32 Å². The van der Waals surface area contributed by atoms with Crippen LogP contribution in [0.2, 0.25) is 0 Å². The fraction of sp³-hybridized carbons (Fsp3) is 0.542. The van der Waals surface area contributed by atoms with E-state index in [4.69, 9.17) is 19.3 Å². The second-order valence-corrected chi connectivity index (χ2v) is 8.18. The maximum Gasteiger partial charge on any atom is 0.338 e. The average Bonchev–Trinajstić information content (AvgIpc) is 3.13. The fourth-order valence-corrected chi connectivity index (χ4v) is 3.82. The number of methoxy groups -OCH3 is 1. The molecule has 1 atom stereocenters. The van der Waals surface area contributed by atoms with Gasteiger partial charge in [0.2, 0.25) is 0 Å². The standard InChI is InChI=1S/C24H32FN3O5/c1-4-19-22-20(7-5-11-32-12-6-10-26-23(22)29)28(27-19)14-16(2)15-33-24(30)17-8-9-21(31-3)18(25)13-17/h8-9,13,16H,4-7,10-12,14-15H2,1-3H3,(H,26,29)/t16-/m1/s1. The second-order valence-electron chi connectivity index (χ2n) is 8.18. The first kappa shape index (κ1) is 24.7. The summed E-state index contributed by atoms with van der Waals surface area (Å²) >= 11 is 0. The number of rotatable bonds is 7. The molecule has 1 aliphatic rings. The van der Waals surface area contributed by atoms with E-state index in [1.54, 1.807) is 0 Å². The highest BCUT2D eigenvalue weighted by molar-refractivity contribution is 5.96. The Morgan fingerprint density at radius 1 is 1.33 bits per heavy atom. The molecular formula is C24H32FN3O5. The Kier molecular flexibility index (Phi) is 8.82. The maximum absolute atomic E-state index is 13.9. The molecule has 8 nitrogen and oxygen atoms in total.